The van der Waals surface area contributed by atoms with Gasteiger partial charge in [0.25, 0.3) is 0 Å². The highest BCUT2D eigenvalue weighted by molar-refractivity contribution is 6.18. The van der Waals surface area contributed by atoms with Crippen LogP contribution in [-0.4, -0.2) is 17.6 Å². The van der Waals surface area contributed by atoms with Gasteiger partial charge in [-0.15, -0.1) is 34.8 Å². The van der Waals surface area contributed by atoms with Crippen LogP contribution in [-0.2, 0) is 0 Å². The Balaban J connectivity index is 3.53. The lowest BCUT2D eigenvalue weighted by Gasteiger charge is -2.15. The highest BCUT2D eigenvalue weighted by Gasteiger charge is 2.07. The number of rotatable bonds is 11. The zero-order valence-corrected chi connectivity index (χ0v) is 11.8. The van der Waals surface area contributed by atoms with Crippen LogP contribution in [0.25, 0.3) is 0 Å². The van der Waals surface area contributed by atoms with E-state index in [1.54, 1.807) is 0 Å². The van der Waals surface area contributed by atoms with Crippen LogP contribution in [0.3, 0.4) is 0 Å². The van der Waals surface area contributed by atoms with Gasteiger partial charge in [0.2, 0.25) is 0 Å². The molecule has 92 valence electrons. The summed E-state index contributed by atoms with van der Waals surface area (Å²) in [5.41, 5.74) is 0. The molecule has 3 heteroatoms. The zero-order valence-electron chi connectivity index (χ0n) is 9.49. The molecule has 0 heterocycles. The van der Waals surface area contributed by atoms with E-state index in [0.717, 1.165) is 42.8 Å². The minimum atomic E-state index is 0.793. The van der Waals surface area contributed by atoms with Gasteiger partial charge in [0.15, 0.2) is 0 Å². The molecule has 0 aliphatic heterocycles. The number of hydrogen-bond acceptors (Lipinski definition) is 0. The molecule has 0 aliphatic carbocycles. The van der Waals surface area contributed by atoms with Crippen molar-refractivity contribution in [3.05, 3.63) is 0 Å². The highest BCUT2D eigenvalue weighted by atomic mass is 35.5. The second-order valence-corrected chi connectivity index (χ2v) is 5.20. The maximum atomic E-state index is 5.73. The van der Waals surface area contributed by atoms with Gasteiger partial charge in [-0.3, -0.25) is 0 Å². The van der Waals surface area contributed by atoms with Crippen molar-refractivity contribution < 1.29 is 0 Å². The summed E-state index contributed by atoms with van der Waals surface area (Å²) in [7, 11) is 0. The van der Waals surface area contributed by atoms with E-state index in [0.29, 0.717) is 0 Å². The summed E-state index contributed by atoms with van der Waals surface area (Å²) in [5, 5.41) is 0. The van der Waals surface area contributed by atoms with Gasteiger partial charge in [0.1, 0.15) is 0 Å². The van der Waals surface area contributed by atoms with Crippen LogP contribution in [0, 0.1) is 5.92 Å². The predicted molar refractivity (Wildman–Crippen MR) is 72.6 cm³/mol. The van der Waals surface area contributed by atoms with E-state index in [2.05, 4.69) is 0 Å². The zero-order chi connectivity index (χ0) is 11.4. The number of alkyl halides is 3. The maximum Gasteiger partial charge on any atom is 0.0223 e. The Hall–Kier alpha value is 0.870. The Morgan fingerprint density at radius 1 is 0.533 bits per heavy atom. The molecule has 0 aromatic rings. The lowest BCUT2D eigenvalue weighted by atomic mass is 9.92. The summed E-state index contributed by atoms with van der Waals surface area (Å²) in [6.07, 6.45) is 9.86. The molecule has 0 unspecified atom stereocenters. The van der Waals surface area contributed by atoms with Crippen molar-refractivity contribution >= 4 is 34.8 Å². The molecule has 0 fully saturated rings. The lowest BCUT2D eigenvalue weighted by Crippen LogP contribution is -2.02. The summed E-state index contributed by atoms with van der Waals surface area (Å²) in [6, 6.07) is 0. The Bertz CT molecular complexity index is 107. The third kappa shape index (κ3) is 11.1. The molecule has 0 spiro atoms. The van der Waals surface area contributed by atoms with Crippen LogP contribution < -0.4 is 0 Å². The van der Waals surface area contributed by atoms with Crippen LogP contribution in [0.15, 0.2) is 0 Å². The summed E-state index contributed by atoms with van der Waals surface area (Å²) >= 11 is 17.1. The van der Waals surface area contributed by atoms with Crippen LogP contribution in [0.2, 0.25) is 0 Å². The molecular formula is C12H23Cl3. The summed E-state index contributed by atoms with van der Waals surface area (Å²) in [4.78, 5) is 0. The highest BCUT2D eigenvalue weighted by Crippen LogP contribution is 2.21. The van der Waals surface area contributed by atoms with Gasteiger partial charge in [0, 0.05) is 17.6 Å². The number of unbranched alkanes of at least 4 members (excludes halogenated alkanes) is 2. The van der Waals surface area contributed by atoms with Gasteiger partial charge >= 0.3 is 0 Å². The molecule has 0 amide bonds. The Labute approximate surface area is 110 Å². The first-order valence-electron chi connectivity index (χ1n) is 6.03. The van der Waals surface area contributed by atoms with Crippen LogP contribution in [0.4, 0.5) is 0 Å². The lowest BCUT2D eigenvalue weighted by molar-refractivity contribution is 0.391. The summed E-state index contributed by atoms with van der Waals surface area (Å²) in [6.45, 7) is 0. The molecule has 0 saturated carbocycles. The molecule has 0 aromatic carbocycles. The van der Waals surface area contributed by atoms with E-state index in [-0.39, 0.29) is 0 Å². The third-order valence-corrected chi connectivity index (χ3v) is 3.54. The van der Waals surface area contributed by atoms with E-state index in [1.165, 1.54) is 32.1 Å². The van der Waals surface area contributed by atoms with Gasteiger partial charge in [0.05, 0.1) is 0 Å². The first kappa shape index (κ1) is 15.9. The fourth-order valence-electron chi connectivity index (χ4n) is 1.85. The molecule has 0 nitrogen and oxygen atoms in total. The van der Waals surface area contributed by atoms with Gasteiger partial charge < -0.3 is 0 Å². The average molecular weight is 274 g/mol. The van der Waals surface area contributed by atoms with Crippen molar-refractivity contribution in [1.29, 1.82) is 0 Å². The minimum absolute atomic E-state index is 0.793. The molecule has 0 aliphatic rings. The molecule has 0 N–H and O–H groups in total. The summed E-state index contributed by atoms with van der Waals surface area (Å²) in [5.74, 6) is 3.23. The first-order valence-corrected chi connectivity index (χ1v) is 7.63. The second kappa shape index (κ2) is 12.9. The van der Waals surface area contributed by atoms with Gasteiger partial charge in [-0.1, -0.05) is 25.7 Å². The smallest absolute Gasteiger partial charge is 0.0223 e. The summed E-state index contributed by atoms with van der Waals surface area (Å²) < 4.78 is 0. The van der Waals surface area contributed by atoms with Gasteiger partial charge in [-0.2, -0.15) is 0 Å². The SMILES string of the molecule is ClCCCCC(CCCCl)CCCCCl. The number of halogens is 3. The van der Waals surface area contributed by atoms with E-state index < -0.39 is 0 Å². The van der Waals surface area contributed by atoms with E-state index >= 15 is 0 Å². The predicted octanol–water partition coefficient (Wildman–Crippen LogP) is 5.44. The largest absolute Gasteiger partial charge is 0.127 e. The minimum Gasteiger partial charge on any atom is -0.127 e. The van der Waals surface area contributed by atoms with Gasteiger partial charge in [-0.25, -0.2) is 0 Å². The van der Waals surface area contributed by atoms with Crippen LogP contribution in [0.5, 0.6) is 0 Å². The standard InChI is InChI=1S/C12H23Cl3/c13-9-3-1-6-12(8-5-11-15)7-2-4-10-14/h12H,1-11H2. The van der Waals surface area contributed by atoms with Gasteiger partial charge in [-0.05, 0) is 31.6 Å². The first-order chi connectivity index (χ1) is 7.35. The molecule has 0 aromatic heterocycles. The van der Waals surface area contributed by atoms with Crippen molar-refractivity contribution in [1.82, 2.24) is 0 Å². The normalized spacial score (nSPS) is 11.2. The maximum absolute atomic E-state index is 5.73. The van der Waals surface area contributed by atoms with Crippen LogP contribution >= 0.6 is 34.8 Å². The molecule has 0 rings (SSSR count). The van der Waals surface area contributed by atoms with E-state index in [9.17, 15) is 0 Å². The molecule has 0 atom stereocenters. The van der Waals surface area contributed by atoms with E-state index in [4.69, 9.17) is 34.8 Å². The fraction of sp³-hybridized carbons (Fsp3) is 1.00. The van der Waals surface area contributed by atoms with Crippen molar-refractivity contribution in [2.24, 2.45) is 5.92 Å². The fourth-order valence-corrected chi connectivity index (χ4v) is 2.39. The third-order valence-electron chi connectivity index (χ3n) is 2.74. The van der Waals surface area contributed by atoms with Crippen molar-refractivity contribution in [3.8, 4) is 0 Å². The quantitative estimate of drug-likeness (QED) is 0.347. The molecule has 15 heavy (non-hydrogen) atoms. The molecule has 0 radical (unpaired) electrons. The second-order valence-electron chi connectivity index (χ2n) is 4.07. The van der Waals surface area contributed by atoms with Crippen molar-refractivity contribution in [3.63, 3.8) is 0 Å². The molecule has 0 bridgehead atoms. The average Bonchev–Trinajstić information content (AvgIpc) is 2.25. The Kier molecular flexibility index (Phi) is 13.7. The van der Waals surface area contributed by atoms with Crippen molar-refractivity contribution in [2.75, 3.05) is 17.6 Å². The van der Waals surface area contributed by atoms with Crippen molar-refractivity contribution in [2.45, 2.75) is 51.4 Å². The molecular weight excluding hydrogens is 250 g/mol. The number of hydrogen-bond donors (Lipinski definition) is 0. The topological polar surface area (TPSA) is 0 Å². The Morgan fingerprint density at radius 3 is 1.33 bits per heavy atom. The van der Waals surface area contributed by atoms with Crippen LogP contribution in [0.1, 0.15) is 51.4 Å². The molecule has 0 saturated heterocycles. The van der Waals surface area contributed by atoms with E-state index in [1.807, 2.05) is 0 Å². The Morgan fingerprint density at radius 2 is 0.933 bits per heavy atom. The monoisotopic (exact) mass is 272 g/mol.